The molecule has 0 radical (unpaired) electrons. The lowest BCUT2D eigenvalue weighted by Gasteiger charge is -2.11. The Labute approximate surface area is 167 Å². The normalized spacial score (nSPS) is 10.7. The highest BCUT2D eigenvalue weighted by Crippen LogP contribution is 2.31. The van der Waals surface area contributed by atoms with Crippen LogP contribution in [-0.4, -0.2) is 20.1 Å². The van der Waals surface area contributed by atoms with Crippen molar-refractivity contribution >= 4 is 28.5 Å². The molecule has 0 bridgehead atoms. The molecular weight excluding hydrogens is 382 g/mol. The van der Waals surface area contributed by atoms with Gasteiger partial charge in [-0.3, -0.25) is 4.79 Å². The zero-order chi connectivity index (χ0) is 20.3. The molecule has 0 saturated heterocycles. The maximum absolute atomic E-state index is 12.4. The van der Waals surface area contributed by atoms with Gasteiger partial charge in [-0.25, -0.2) is 4.79 Å². The highest BCUT2D eigenvalue weighted by Gasteiger charge is 2.16. The zero-order valence-corrected chi connectivity index (χ0v) is 16.6. The van der Waals surface area contributed by atoms with E-state index >= 15 is 0 Å². The molecule has 0 atom stereocenters. The molecule has 7 heteroatoms. The van der Waals surface area contributed by atoms with E-state index in [1.807, 2.05) is 24.3 Å². The molecule has 1 heterocycles. The van der Waals surface area contributed by atoms with Gasteiger partial charge in [-0.15, -0.1) is 0 Å². The molecule has 0 aliphatic rings. The first kappa shape index (κ1) is 19.8. The third-order valence-corrected chi connectivity index (χ3v) is 4.84. The molecule has 0 fully saturated rings. The second-order valence-corrected chi connectivity index (χ2v) is 6.68. The average molecular weight is 402 g/mol. The smallest absolute Gasteiger partial charge is 0.340 e. The van der Waals surface area contributed by atoms with Crippen LogP contribution in [-0.2, 0) is 17.8 Å². The van der Waals surface area contributed by atoms with Crippen LogP contribution in [0.2, 0.25) is 5.02 Å². The molecule has 28 heavy (non-hydrogen) atoms. The number of methoxy groups -OCH3 is 2. The van der Waals surface area contributed by atoms with Crippen LogP contribution in [0.3, 0.4) is 0 Å². The van der Waals surface area contributed by atoms with Crippen molar-refractivity contribution in [1.29, 1.82) is 0 Å². The van der Waals surface area contributed by atoms with Gasteiger partial charge in [-0.1, -0.05) is 23.7 Å². The van der Waals surface area contributed by atoms with Gasteiger partial charge in [0.1, 0.15) is 17.1 Å². The first-order valence-electron chi connectivity index (χ1n) is 8.62. The van der Waals surface area contributed by atoms with E-state index in [1.54, 1.807) is 26.2 Å². The Morgan fingerprint density at radius 3 is 2.50 bits per heavy atom. The maximum Gasteiger partial charge on any atom is 0.340 e. The number of rotatable bonds is 6. The number of amides is 1. The fourth-order valence-corrected chi connectivity index (χ4v) is 3.16. The van der Waals surface area contributed by atoms with Gasteiger partial charge in [0, 0.05) is 18.0 Å². The van der Waals surface area contributed by atoms with Crippen LogP contribution in [0.15, 0.2) is 45.6 Å². The van der Waals surface area contributed by atoms with Gasteiger partial charge < -0.3 is 19.2 Å². The van der Waals surface area contributed by atoms with Crippen molar-refractivity contribution in [2.24, 2.45) is 0 Å². The predicted molar refractivity (Wildman–Crippen MR) is 107 cm³/mol. The van der Waals surface area contributed by atoms with E-state index < -0.39 is 5.63 Å². The van der Waals surface area contributed by atoms with Gasteiger partial charge in [0.15, 0.2) is 0 Å². The van der Waals surface area contributed by atoms with Crippen LogP contribution in [0.25, 0.3) is 11.0 Å². The summed E-state index contributed by atoms with van der Waals surface area (Å²) in [6, 6.07) is 10.6. The number of halogens is 1. The number of benzene rings is 2. The number of ether oxygens (including phenoxy) is 2. The van der Waals surface area contributed by atoms with E-state index in [4.69, 9.17) is 25.5 Å². The van der Waals surface area contributed by atoms with E-state index in [-0.39, 0.29) is 12.3 Å². The lowest BCUT2D eigenvalue weighted by Crippen LogP contribution is -2.27. The van der Waals surface area contributed by atoms with Crippen LogP contribution in [0.4, 0.5) is 0 Å². The Bertz CT molecular complexity index is 1070. The van der Waals surface area contributed by atoms with Crippen molar-refractivity contribution in [1.82, 2.24) is 5.32 Å². The number of fused-ring (bicyclic) bond motifs is 1. The fourth-order valence-electron chi connectivity index (χ4n) is 2.92. The standard InChI is InChI=1S/C21H20ClNO5/c1-12-15-8-17(22)19(27-3)10-18(15)28-21(25)16(12)9-20(24)23-11-13-4-6-14(26-2)7-5-13/h4-8,10H,9,11H2,1-3H3,(H,23,24). The number of carbonyl (C=O) groups excluding carboxylic acids is 1. The minimum atomic E-state index is -0.547. The summed E-state index contributed by atoms with van der Waals surface area (Å²) >= 11 is 6.18. The number of hydrogen-bond acceptors (Lipinski definition) is 5. The third-order valence-electron chi connectivity index (χ3n) is 4.55. The molecule has 0 aliphatic heterocycles. The molecule has 0 spiro atoms. The molecule has 6 nitrogen and oxygen atoms in total. The number of hydrogen-bond donors (Lipinski definition) is 1. The Morgan fingerprint density at radius 1 is 1.14 bits per heavy atom. The molecule has 1 N–H and O–H groups in total. The maximum atomic E-state index is 12.4. The van der Waals surface area contributed by atoms with Gasteiger partial charge >= 0.3 is 5.63 Å². The second-order valence-electron chi connectivity index (χ2n) is 6.28. The highest BCUT2D eigenvalue weighted by molar-refractivity contribution is 6.32. The van der Waals surface area contributed by atoms with Gasteiger partial charge in [-0.2, -0.15) is 0 Å². The monoisotopic (exact) mass is 401 g/mol. The molecule has 0 saturated carbocycles. The zero-order valence-electron chi connectivity index (χ0n) is 15.8. The van der Waals surface area contributed by atoms with Crippen LogP contribution in [0.5, 0.6) is 11.5 Å². The molecule has 0 unspecified atom stereocenters. The molecule has 146 valence electrons. The van der Waals surface area contributed by atoms with Gasteiger partial charge in [0.2, 0.25) is 5.91 Å². The first-order chi connectivity index (χ1) is 13.4. The Balaban J connectivity index is 1.79. The fraction of sp³-hybridized carbons (Fsp3) is 0.238. The quantitative estimate of drug-likeness (QED) is 0.638. The summed E-state index contributed by atoms with van der Waals surface area (Å²) in [6.07, 6.45) is -0.0795. The Morgan fingerprint density at radius 2 is 1.86 bits per heavy atom. The van der Waals surface area contributed by atoms with E-state index in [2.05, 4.69) is 5.32 Å². The minimum absolute atomic E-state index is 0.0795. The summed E-state index contributed by atoms with van der Waals surface area (Å²) in [5.41, 5.74) is 1.71. The summed E-state index contributed by atoms with van der Waals surface area (Å²) < 4.78 is 15.6. The summed E-state index contributed by atoms with van der Waals surface area (Å²) in [5.74, 6) is 0.890. The van der Waals surface area contributed by atoms with Crippen molar-refractivity contribution < 1.29 is 18.7 Å². The van der Waals surface area contributed by atoms with Crippen molar-refractivity contribution in [3.8, 4) is 11.5 Å². The number of nitrogens with one attached hydrogen (secondary N) is 1. The summed E-state index contributed by atoms with van der Waals surface area (Å²) in [6.45, 7) is 2.12. The molecule has 0 aliphatic carbocycles. The van der Waals surface area contributed by atoms with Crippen LogP contribution >= 0.6 is 11.6 Å². The van der Waals surface area contributed by atoms with E-state index in [0.717, 1.165) is 11.3 Å². The lowest BCUT2D eigenvalue weighted by molar-refractivity contribution is -0.120. The minimum Gasteiger partial charge on any atom is -0.497 e. The second kappa shape index (κ2) is 8.35. The molecule has 2 aromatic carbocycles. The number of carbonyl (C=O) groups is 1. The van der Waals surface area contributed by atoms with Gasteiger partial charge in [0.25, 0.3) is 0 Å². The third kappa shape index (κ3) is 4.12. The van der Waals surface area contributed by atoms with Crippen molar-refractivity contribution in [2.45, 2.75) is 19.9 Å². The van der Waals surface area contributed by atoms with E-state index in [0.29, 0.717) is 39.4 Å². The van der Waals surface area contributed by atoms with E-state index in [1.165, 1.54) is 7.11 Å². The lowest BCUT2D eigenvalue weighted by atomic mass is 10.0. The Hall–Kier alpha value is -2.99. The predicted octanol–water partition coefficient (Wildman–Crippen LogP) is 3.63. The SMILES string of the molecule is COc1ccc(CNC(=O)Cc2c(C)c3cc(Cl)c(OC)cc3oc2=O)cc1. The molecule has 3 aromatic rings. The Kier molecular flexibility index (Phi) is 5.90. The molecule has 1 aromatic heterocycles. The van der Waals surface area contributed by atoms with Crippen LogP contribution in [0, 0.1) is 6.92 Å². The van der Waals surface area contributed by atoms with E-state index in [9.17, 15) is 9.59 Å². The molecular formula is C21H20ClNO5. The highest BCUT2D eigenvalue weighted by atomic mass is 35.5. The first-order valence-corrected chi connectivity index (χ1v) is 9.00. The van der Waals surface area contributed by atoms with Crippen LogP contribution < -0.4 is 20.4 Å². The van der Waals surface area contributed by atoms with Crippen molar-refractivity contribution in [2.75, 3.05) is 14.2 Å². The number of aryl methyl sites for hydroxylation is 1. The topological polar surface area (TPSA) is 77.8 Å². The van der Waals surface area contributed by atoms with Crippen LogP contribution in [0.1, 0.15) is 16.7 Å². The van der Waals surface area contributed by atoms with Gasteiger partial charge in [0.05, 0.1) is 31.2 Å². The summed E-state index contributed by atoms with van der Waals surface area (Å²) in [5, 5.41) is 3.88. The summed E-state index contributed by atoms with van der Waals surface area (Å²) in [7, 11) is 3.08. The van der Waals surface area contributed by atoms with Crippen molar-refractivity contribution in [3.05, 3.63) is 68.5 Å². The van der Waals surface area contributed by atoms with Crippen molar-refractivity contribution in [3.63, 3.8) is 0 Å². The average Bonchev–Trinajstić information content (AvgIpc) is 2.70. The largest absolute Gasteiger partial charge is 0.497 e. The summed E-state index contributed by atoms with van der Waals surface area (Å²) in [4.78, 5) is 24.7. The van der Waals surface area contributed by atoms with Gasteiger partial charge in [-0.05, 0) is 36.2 Å². The molecule has 1 amide bonds. The molecule has 3 rings (SSSR count).